The van der Waals surface area contributed by atoms with E-state index in [-0.39, 0.29) is 0 Å². The zero-order valence-corrected chi connectivity index (χ0v) is 10.2. The van der Waals surface area contributed by atoms with Crippen molar-refractivity contribution in [3.63, 3.8) is 0 Å². The number of ether oxygens (including phenoxy) is 1. The average Bonchev–Trinajstić information content (AvgIpc) is 2.83. The molecule has 0 spiro atoms. The quantitative estimate of drug-likeness (QED) is 0.761. The van der Waals surface area contributed by atoms with Crippen LogP contribution in [0.4, 0.5) is 0 Å². The summed E-state index contributed by atoms with van der Waals surface area (Å²) in [6.07, 6.45) is 4.70. The fourth-order valence-electron chi connectivity index (χ4n) is 2.16. The SMILES string of the molecule is COc1cccc(Cc2c[nH]c3ncccc23)c1. The third kappa shape index (κ3) is 1.95. The van der Waals surface area contributed by atoms with Crippen molar-refractivity contribution in [3.05, 3.63) is 59.9 Å². The molecular formula is C15H14N2O. The van der Waals surface area contributed by atoms with Crippen molar-refractivity contribution in [1.82, 2.24) is 9.97 Å². The van der Waals surface area contributed by atoms with Crippen LogP contribution in [0.5, 0.6) is 5.75 Å². The first-order valence-corrected chi connectivity index (χ1v) is 5.91. The summed E-state index contributed by atoms with van der Waals surface area (Å²) in [4.78, 5) is 7.49. The maximum atomic E-state index is 5.24. The summed E-state index contributed by atoms with van der Waals surface area (Å²) >= 11 is 0. The van der Waals surface area contributed by atoms with E-state index in [0.717, 1.165) is 17.8 Å². The van der Waals surface area contributed by atoms with Gasteiger partial charge in [0.2, 0.25) is 0 Å². The molecule has 2 aromatic heterocycles. The van der Waals surface area contributed by atoms with Crippen molar-refractivity contribution in [2.24, 2.45) is 0 Å². The summed E-state index contributed by atoms with van der Waals surface area (Å²) in [6, 6.07) is 12.2. The van der Waals surface area contributed by atoms with Crippen LogP contribution in [-0.4, -0.2) is 17.1 Å². The lowest BCUT2D eigenvalue weighted by molar-refractivity contribution is 0.414. The van der Waals surface area contributed by atoms with Gasteiger partial charge in [-0.25, -0.2) is 4.98 Å². The smallest absolute Gasteiger partial charge is 0.137 e. The number of methoxy groups -OCH3 is 1. The van der Waals surface area contributed by atoms with E-state index in [1.165, 1.54) is 16.5 Å². The van der Waals surface area contributed by atoms with E-state index in [2.05, 4.69) is 28.2 Å². The molecule has 3 aromatic rings. The van der Waals surface area contributed by atoms with E-state index in [1.807, 2.05) is 24.4 Å². The van der Waals surface area contributed by atoms with Gasteiger partial charge in [-0.05, 0) is 41.8 Å². The number of rotatable bonds is 3. The van der Waals surface area contributed by atoms with Crippen LogP contribution in [0, 0.1) is 0 Å². The van der Waals surface area contributed by atoms with Crippen LogP contribution in [0.25, 0.3) is 11.0 Å². The summed E-state index contributed by atoms with van der Waals surface area (Å²) in [5.74, 6) is 0.894. The van der Waals surface area contributed by atoms with Gasteiger partial charge in [0.15, 0.2) is 0 Å². The largest absolute Gasteiger partial charge is 0.497 e. The summed E-state index contributed by atoms with van der Waals surface area (Å²) < 4.78 is 5.24. The van der Waals surface area contributed by atoms with Crippen molar-refractivity contribution in [2.45, 2.75) is 6.42 Å². The molecule has 18 heavy (non-hydrogen) atoms. The highest BCUT2D eigenvalue weighted by molar-refractivity contribution is 5.79. The molecule has 0 aliphatic rings. The third-order valence-electron chi connectivity index (χ3n) is 3.07. The molecule has 0 aliphatic carbocycles. The second kappa shape index (κ2) is 4.53. The Balaban J connectivity index is 1.96. The monoisotopic (exact) mass is 238 g/mol. The Bertz CT molecular complexity index is 673. The van der Waals surface area contributed by atoms with Gasteiger partial charge in [0.1, 0.15) is 11.4 Å². The average molecular weight is 238 g/mol. The molecular weight excluding hydrogens is 224 g/mol. The molecule has 3 heteroatoms. The predicted octanol–water partition coefficient (Wildman–Crippen LogP) is 3.16. The number of aromatic nitrogens is 2. The zero-order valence-electron chi connectivity index (χ0n) is 10.2. The minimum absolute atomic E-state index is 0.878. The number of nitrogens with zero attached hydrogens (tertiary/aromatic N) is 1. The number of pyridine rings is 1. The van der Waals surface area contributed by atoms with Gasteiger partial charge in [-0.1, -0.05) is 12.1 Å². The van der Waals surface area contributed by atoms with E-state index in [9.17, 15) is 0 Å². The highest BCUT2D eigenvalue weighted by Crippen LogP contribution is 2.21. The number of fused-ring (bicyclic) bond motifs is 1. The molecule has 1 aromatic carbocycles. The number of hydrogen-bond donors (Lipinski definition) is 1. The Kier molecular flexibility index (Phi) is 2.73. The normalized spacial score (nSPS) is 10.7. The number of H-pyrrole nitrogens is 1. The van der Waals surface area contributed by atoms with E-state index < -0.39 is 0 Å². The van der Waals surface area contributed by atoms with E-state index >= 15 is 0 Å². The van der Waals surface area contributed by atoms with Gasteiger partial charge < -0.3 is 9.72 Å². The Labute approximate surface area is 105 Å². The van der Waals surface area contributed by atoms with Gasteiger partial charge in [0.05, 0.1) is 7.11 Å². The van der Waals surface area contributed by atoms with E-state index in [1.54, 1.807) is 13.3 Å². The van der Waals surface area contributed by atoms with Gasteiger partial charge in [-0.3, -0.25) is 0 Å². The molecule has 0 fully saturated rings. The highest BCUT2D eigenvalue weighted by Gasteiger charge is 2.05. The molecule has 1 N–H and O–H groups in total. The maximum absolute atomic E-state index is 5.24. The first-order chi connectivity index (χ1) is 8.86. The Morgan fingerprint density at radius 2 is 2.17 bits per heavy atom. The highest BCUT2D eigenvalue weighted by atomic mass is 16.5. The molecule has 0 saturated heterocycles. The number of hydrogen-bond acceptors (Lipinski definition) is 2. The predicted molar refractivity (Wildman–Crippen MR) is 71.9 cm³/mol. The standard InChI is InChI=1S/C15H14N2O/c1-18-13-5-2-4-11(9-13)8-12-10-17-15-14(12)6-3-7-16-15/h2-7,9-10H,8H2,1H3,(H,16,17). The van der Waals surface area contributed by atoms with Crippen molar-refractivity contribution in [1.29, 1.82) is 0 Å². The second-order valence-corrected chi connectivity index (χ2v) is 4.24. The van der Waals surface area contributed by atoms with Gasteiger partial charge in [0, 0.05) is 17.8 Å². The molecule has 90 valence electrons. The molecule has 0 unspecified atom stereocenters. The lowest BCUT2D eigenvalue weighted by atomic mass is 10.1. The Hall–Kier alpha value is -2.29. The maximum Gasteiger partial charge on any atom is 0.137 e. The van der Waals surface area contributed by atoms with Crippen LogP contribution in [0.1, 0.15) is 11.1 Å². The van der Waals surface area contributed by atoms with Crippen LogP contribution in [0.3, 0.4) is 0 Å². The van der Waals surface area contributed by atoms with Crippen molar-refractivity contribution < 1.29 is 4.74 Å². The molecule has 0 radical (unpaired) electrons. The molecule has 0 atom stereocenters. The fraction of sp³-hybridized carbons (Fsp3) is 0.133. The van der Waals surface area contributed by atoms with Crippen molar-refractivity contribution in [2.75, 3.05) is 7.11 Å². The summed E-state index contributed by atoms with van der Waals surface area (Å²) in [5.41, 5.74) is 3.43. The minimum atomic E-state index is 0.878. The van der Waals surface area contributed by atoms with E-state index in [0.29, 0.717) is 0 Å². The number of nitrogens with one attached hydrogen (secondary N) is 1. The molecule has 3 rings (SSSR count). The second-order valence-electron chi connectivity index (χ2n) is 4.24. The van der Waals surface area contributed by atoms with Crippen LogP contribution in [-0.2, 0) is 6.42 Å². The lowest BCUT2D eigenvalue weighted by Gasteiger charge is -2.03. The Morgan fingerprint density at radius 3 is 3.06 bits per heavy atom. The van der Waals surface area contributed by atoms with Crippen LogP contribution >= 0.6 is 0 Å². The van der Waals surface area contributed by atoms with Gasteiger partial charge in [-0.2, -0.15) is 0 Å². The minimum Gasteiger partial charge on any atom is -0.497 e. The third-order valence-corrected chi connectivity index (χ3v) is 3.07. The molecule has 0 amide bonds. The fourth-order valence-corrected chi connectivity index (χ4v) is 2.16. The first kappa shape index (κ1) is 10.8. The van der Waals surface area contributed by atoms with Gasteiger partial charge in [-0.15, -0.1) is 0 Å². The Morgan fingerprint density at radius 1 is 1.22 bits per heavy atom. The molecule has 2 heterocycles. The van der Waals surface area contributed by atoms with Crippen molar-refractivity contribution >= 4 is 11.0 Å². The molecule has 0 bridgehead atoms. The summed E-state index contributed by atoms with van der Waals surface area (Å²) in [7, 11) is 1.69. The molecule has 0 aliphatic heterocycles. The molecule has 3 nitrogen and oxygen atoms in total. The van der Waals surface area contributed by atoms with Crippen LogP contribution in [0.2, 0.25) is 0 Å². The van der Waals surface area contributed by atoms with Gasteiger partial charge in [0.25, 0.3) is 0 Å². The van der Waals surface area contributed by atoms with Crippen LogP contribution in [0.15, 0.2) is 48.8 Å². The van der Waals surface area contributed by atoms with E-state index in [4.69, 9.17) is 4.74 Å². The first-order valence-electron chi connectivity index (χ1n) is 5.91. The summed E-state index contributed by atoms with van der Waals surface area (Å²) in [5, 5.41) is 1.18. The van der Waals surface area contributed by atoms with Crippen molar-refractivity contribution in [3.8, 4) is 5.75 Å². The molecule has 0 saturated carbocycles. The number of aromatic amines is 1. The zero-order chi connectivity index (χ0) is 12.4. The lowest BCUT2D eigenvalue weighted by Crippen LogP contribution is -1.89. The topological polar surface area (TPSA) is 37.9 Å². The van der Waals surface area contributed by atoms with Gasteiger partial charge >= 0.3 is 0 Å². The van der Waals surface area contributed by atoms with Crippen LogP contribution < -0.4 is 4.74 Å². The number of benzene rings is 1. The summed E-state index contributed by atoms with van der Waals surface area (Å²) in [6.45, 7) is 0.